The molecule has 0 saturated carbocycles. The molecule has 3 aromatic carbocycles. The monoisotopic (exact) mass is 758 g/mol. The van der Waals surface area contributed by atoms with Gasteiger partial charge in [0.25, 0.3) is 0 Å². The number of likely N-dealkylation sites (tertiary alicyclic amines) is 2. The summed E-state index contributed by atoms with van der Waals surface area (Å²) in [5.74, 6) is -0.00452. The molecule has 12 heteroatoms. The number of hydrogen-bond donors (Lipinski definition) is 3. The number of carboxylic acids is 1. The third-order valence-electron chi connectivity index (χ3n) is 11.2. The summed E-state index contributed by atoms with van der Waals surface area (Å²) in [7, 11) is 0. The molecule has 3 aromatic heterocycles. The second-order valence-electron chi connectivity index (χ2n) is 14.5. The van der Waals surface area contributed by atoms with Crippen molar-refractivity contribution in [3.05, 3.63) is 105 Å². The fourth-order valence-electron chi connectivity index (χ4n) is 8.54. The summed E-state index contributed by atoms with van der Waals surface area (Å²) >= 11 is 14.3. The van der Waals surface area contributed by atoms with E-state index in [0.29, 0.717) is 74.6 Å². The van der Waals surface area contributed by atoms with Gasteiger partial charge in [0.2, 0.25) is 0 Å². The molecule has 3 atom stereocenters. The fraction of sp³-hybridized carbons (Fsp3) is 0.286. The predicted octanol–water partition coefficient (Wildman–Crippen LogP) is 8.59. The number of rotatable bonds is 8. The van der Waals surface area contributed by atoms with Crippen LogP contribution in [0.4, 0.5) is 11.5 Å². The third-order valence-corrected chi connectivity index (χ3v) is 12.0. The van der Waals surface area contributed by atoms with Crippen LogP contribution < -0.4 is 5.32 Å². The molecule has 0 amide bonds. The van der Waals surface area contributed by atoms with Crippen LogP contribution in [0.1, 0.15) is 47.6 Å². The van der Waals surface area contributed by atoms with Gasteiger partial charge in [0.1, 0.15) is 17.3 Å². The molecule has 3 N–H and O–H groups in total. The van der Waals surface area contributed by atoms with Gasteiger partial charge in [0, 0.05) is 72.1 Å². The van der Waals surface area contributed by atoms with E-state index < -0.39 is 5.97 Å². The van der Waals surface area contributed by atoms with Crippen molar-refractivity contribution in [3.63, 3.8) is 0 Å². The van der Waals surface area contributed by atoms with E-state index in [2.05, 4.69) is 38.3 Å². The lowest BCUT2D eigenvalue weighted by molar-refractivity contribution is -0.141. The highest BCUT2D eigenvalue weighted by Crippen LogP contribution is 2.46. The van der Waals surface area contributed by atoms with Crippen LogP contribution >= 0.6 is 23.2 Å². The summed E-state index contributed by atoms with van der Waals surface area (Å²) in [6.45, 7) is 3.50. The summed E-state index contributed by atoms with van der Waals surface area (Å²) < 4.78 is 6.43. The van der Waals surface area contributed by atoms with Gasteiger partial charge in [-0.05, 0) is 85.3 Å². The minimum atomic E-state index is -0.753. The van der Waals surface area contributed by atoms with Crippen molar-refractivity contribution >= 4 is 62.5 Å². The molecule has 6 aromatic rings. The van der Waals surface area contributed by atoms with Crippen LogP contribution in [0.2, 0.25) is 10.0 Å². The number of hydrogen-bond acceptors (Lipinski definition) is 9. The van der Waals surface area contributed by atoms with E-state index in [0.717, 1.165) is 71.9 Å². The van der Waals surface area contributed by atoms with Crippen LogP contribution in [0.5, 0.6) is 0 Å². The van der Waals surface area contributed by atoms with Crippen LogP contribution in [-0.4, -0.2) is 68.2 Å². The maximum Gasteiger partial charge on any atom is 0.307 e. The van der Waals surface area contributed by atoms with Gasteiger partial charge in [-0.25, -0.2) is 4.98 Å². The minimum absolute atomic E-state index is 0.0714. The highest BCUT2D eigenvalue weighted by Gasteiger charge is 2.37. The van der Waals surface area contributed by atoms with E-state index in [-0.39, 0.29) is 18.1 Å². The van der Waals surface area contributed by atoms with Gasteiger partial charge in [0.05, 0.1) is 33.3 Å². The molecule has 2 fully saturated rings. The molecule has 10 nitrogen and oxygen atoms in total. The Morgan fingerprint density at radius 3 is 2.56 bits per heavy atom. The number of fused-ring (bicyclic) bond motifs is 3. The number of β-amino-alcohol motifs (C(OH)–C–C–N with tert-alkyl or cyclic N) is 1. The molecule has 2 aliphatic heterocycles. The number of nitriles is 1. The first-order valence-electron chi connectivity index (χ1n) is 18.2. The molecule has 9 rings (SSSR count). The first kappa shape index (κ1) is 34.7. The summed E-state index contributed by atoms with van der Waals surface area (Å²) in [6, 6.07) is 22.0. The van der Waals surface area contributed by atoms with E-state index in [9.17, 15) is 20.3 Å². The zero-order valence-corrected chi connectivity index (χ0v) is 30.7. The molecule has 0 radical (unpaired) electrons. The summed E-state index contributed by atoms with van der Waals surface area (Å²) in [5.41, 5.74) is 7.65. The number of carboxylic acid groups (broad SMARTS) is 1. The third kappa shape index (κ3) is 6.16. The zero-order chi connectivity index (χ0) is 37.1. The van der Waals surface area contributed by atoms with Crippen molar-refractivity contribution in [3.8, 4) is 28.5 Å². The molecule has 0 unspecified atom stereocenters. The molecule has 54 heavy (non-hydrogen) atoms. The standard InChI is InChI=1S/C42H36Cl2N6O4/c43-37-29(30-4-2-6-34(38(30)44)48-41-39-24(9-12-46-41)15-23(19-47-39)20-49-13-11-27(51)22-49)3-1-5-31(37)36-17-26-16-32-28(33(18-45)40(26)54-36)7-8-35(32)50-14-10-25(21-50)42(52)53/h1-6,9,12,15-17,19,25,27,35,51H,7-8,10-11,13-14,20-22H2,(H,46,48)(H,52,53)/t25-,27-,35-/m1/s1. The number of aliphatic hydroxyl groups excluding tert-OH is 1. The highest BCUT2D eigenvalue weighted by atomic mass is 35.5. The second-order valence-corrected chi connectivity index (χ2v) is 15.3. The van der Waals surface area contributed by atoms with E-state index >= 15 is 0 Å². The van der Waals surface area contributed by atoms with Gasteiger partial charge in [-0.3, -0.25) is 19.6 Å². The number of benzene rings is 3. The average molecular weight is 760 g/mol. The zero-order valence-electron chi connectivity index (χ0n) is 29.2. The summed E-state index contributed by atoms with van der Waals surface area (Å²) in [6.07, 6.45) is 6.33. The quantitative estimate of drug-likeness (QED) is 0.138. The van der Waals surface area contributed by atoms with Crippen molar-refractivity contribution in [2.24, 2.45) is 5.92 Å². The lowest BCUT2D eigenvalue weighted by atomic mass is 9.98. The first-order chi connectivity index (χ1) is 26.2. The molecule has 0 spiro atoms. The fourth-order valence-corrected chi connectivity index (χ4v) is 9.14. The van der Waals surface area contributed by atoms with Crippen molar-refractivity contribution in [1.82, 2.24) is 19.8 Å². The molecular weight excluding hydrogens is 723 g/mol. The Morgan fingerprint density at radius 2 is 1.78 bits per heavy atom. The van der Waals surface area contributed by atoms with Gasteiger partial charge in [-0.2, -0.15) is 5.26 Å². The average Bonchev–Trinajstić information content (AvgIpc) is 3.99. The Bertz CT molecular complexity index is 2510. The van der Waals surface area contributed by atoms with Crippen molar-refractivity contribution in [2.45, 2.75) is 44.4 Å². The number of nitrogens with one attached hydrogen (secondary N) is 1. The van der Waals surface area contributed by atoms with Crippen molar-refractivity contribution in [1.29, 1.82) is 5.26 Å². The maximum atomic E-state index is 11.7. The smallest absolute Gasteiger partial charge is 0.307 e. The van der Waals surface area contributed by atoms with Gasteiger partial charge in [0.15, 0.2) is 11.4 Å². The number of aromatic nitrogens is 2. The van der Waals surface area contributed by atoms with Crippen LogP contribution in [-0.2, 0) is 17.8 Å². The van der Waals surface area contributed by atoms with Crippen molar-refractivity contribution in [2.75, 3.05) is 31.5 Å². The Balaban J connectivity index is 1.01. The molecule has 1 aliphatic carbocycles. The lowest BCUT2D eigenvalue weighted by Gasteiger charge is -2.24. The van der Waals surface area contributed by atoms with Crippen LogP contribution in [0.15, 0.2) is 77.5 Å². The van der Waals surface area contributed by atoms with Crippen LogP contribution in [0, 0.1) is 17.2 Å². The normalized spacial score (nSPS) is 20.1. The summed E-state index contributed by atoms with van der Waals surface area (Å²) in [4.78, 5) is 25.5. The van der Waals surface area contributed by atoms with Gasteiger partial charge in [-0.15, -0.1) is 0 Å². The Kier molecular flexibility index (Phi) is 9.00. The van der Waals surface area contributed by atoms with Gasteiger partial charge in [-0.1, -0.05) is 47.5 Å². The molecule has 2 saturated heterocycles. The van der Waals surface area contributed by atoms with E-state index in [4.69, 9.17) is 32.6 Å². The summed E-state index contributed by atoms with van der Waals surface area (Å²) in [5, 5.41) is 35.9. The first-order valence-corrected chi connectivity index (χ1v) is 19.0. The van der Waals surface area contributed by atoms with Gasteiger partial charge >= 0.3 is 5.97 Å². The number of anilines is 2. The molecule has 5 heterocycles. The molecule has 3 aliphatic rings. The largest absolute Gasteiger partial charge is 0.481 e. The number of nitrogens with zero attached hydrogens (tertiary/aromatic N) is 5. The SMILES string of the molecule is N#Cc1c2c(cc3cc(-c4cccc(-c5cccc(Nc6nccc7cc(CN8CC[C@@H](O)C8)cnc67)c5Cl)c4Cl)oc13)[C@H](N1CC[C@@H](C(=O)O)C1)CC2. The van der Waals surface area contributed by atoms with E-state index in [1.54, 1.807) is 6.20 Å². The number of furan rings is 1. The topological polar surface area (TPSA) is 139 Å². The minimum Gasteiger partial charge on any atom is -0.481 e. The second kappa shape index (κ2) is 14.0. The number of aliphatic hydroxyl groups is 1. The van der Waals surface area contributed by atoms with E-state index in [1.165, 1.54) is 0 Å². The van der Waals surface area contributed by atoms with E-state index in [1.807, 2.05) is 54.7 Å². The number of halogens is 2. The van der Waals surface area contributed by atoms with Crippen LogP contribution in [0.25, 0.3) is 44.3 Å². The Hall–Kier alpha value is -5.02. The molecule has 0 bridgehead atoms. The Morgan fingerprint density at radius 1 is 0.963 bits per heavy atom. The van der Waals surface area contributed by atoms with Gasteiger partial charge < -0.3 is 19.9 Å². The molecular formula is C42H36Cl2N6O4. The van der Waals surface area contributed by atoms with Crippen LogP contribution in [0.3, 0.4) is 0 Å². The lowest BCUT2D eigenvalue weighted by Crippen LogP contribution is -2.26. The molecule has 272 valence electrons. The number of pyridine rings is 2. The highest BCUT2D eigenvalue weighted by molar-refractivity contribution is 6.39. The maximum absolute atomic E-state index is 11.7. The number of aliphatic carboxylic acids is 1. The Labute approximate surface area is 321 Å². The predicted molar refractivity (Wildman–Crippen MR) is 209 cm³/mol. The van der Waals surface area contributed by atoms with Crippen molar-refractivity contribution < 1.29 is 19.4 Å². The number of carbonyl (C=O) groups is 1.